The number of aliphatic hydroxyl groups is 1. The molecule has 0 heterocycles. The fourth-order valence-corrected chi connectivity index (χ4v) is 1.46. The minimum atomic E-state index is -0.597. The summed E-state index contributed by atoms with van der Waals surface area (Å²) in [4.78, 5) is 13.5. The third kappa shape index (κ3) is 4.13. The Morgan fingerprint density at radius 2 is 2.15 bits per heavy atom. The summed E-state index contributed by atoms with van der Waals surface area (Å²) < 4.78 is 0. The maximum atomic E-state index is 12.0. The Morgan fingerprint density at radius 3 is 2.75 bits per heavy atom. The molecule has 0 fully saturated rings. The quantitative estimate of drug-likeness (QED) is 0.609. The van der Waals surface area contributed by atoms with Crippen molar-refractivity contribution in [1.29, 1.82) is 10.5 Å². The van der Waals surface area contributed by atoms with Crippen LogP contribution in [0.4, 0.5) is 5.69 Å². The van der Waals surface area contributed by atoms with Gasteiger partial charge in [-0.25, -0.2) is 0 Å². The highest BCUT2D eigenvalue weighted by Crippen LogP contribution is 2.14. The molecule has 102 valence electrons. The van der Waals surface area contributed by atoms with Crippen LogP contribution < -0.4 is 5.32 Å². The minimum absolute atomic E-state index is 0.0788. The Kier molecular flexibility index (Phi) is 5.76. The molecular weight excluding hydrogens is 256 g/mol. The molecule has 0 bridgehead atoms. The molecule has 0 spiro atoms. The number of nitrogens with zero attached hydrogens (tertiary/aromatic N) is 3. The van der Waals surface area contributed by atoms with E-state index in [-0.39, 0.29) is 12.2 Å². The van der Waals surface area contributed by atoms with Crippen molar-refractivity contribution in [3.05, 3.63) is 41.6 Å². The van der Waals surface area contributed by atoms with Crippen molar-refractivity contribution in [3.8, 4) is 12.1 Å². The molecule has 1 amide bonds. The Labute approximate surface area is 117 Å². The van der Waals surface area contributed by atoms with Gasteiger partial charge in [0.25, 0.3) is 5.91 Å². The Morgan fingerprint density at radius 1 is 1.45 bits per heavy atom. The molecule has 0 aliphatic rings. The molecule has 20 heavy (non-hydrogen) atoms. The predicted octanol–water partition coefficient (Wildman–Crippen LogP) is 0.828. The molecule has 1 rings (SSSR count). The molecule has 2 N–H and O–H groups in total. The summed E-state index contributed by atoms with van der Waals surface area (Å²) in [7, 11) is 1.64. The molecule has 0 atom stereocenters. The molecule has 0 aromatic heterocycles. The minimum Gasteiger partial charge on any atom is -0.395 e. The van der Waals surface area contributed by atoms with E-state index in [1.54, 1.807) is 37.4 Å². The van der Waals surface area contributed by atoms with Crippen molar-refractivity contribution in [2.45, 2.75) is 0 Å². The van der Waals surface area contributed by atoms with Gasteiger partial charge in [-0.15, -0.1) is 0 Å². The molecular formula is C14H14N4O2. The van der Waals surface area contributed by atoms with Crippen molar-refractivity contribution in [2.75, 3.05) is 25.5 Å². The van der Waals surface area contributed by atoms with Crippen LogP contribution in [0.5, 0.6) is 0 Å². The number of hydrogen-bond acceptors (Lipinski definition) is 5. The number of carbonyl (C=O) groups excluding carboxylic acids is 1. The Bertz CT molecular complexity index is 596. The second-order valence-corrected chi connectivity index (χ2v) is 3.97. The van der Waals surface area contributed by atoms with Crippen molar-refractivity contribution in [2.24, 2.45) is 0 Å². The first-order valence-electron chi connectivity index (χ1n) is 5.86. The number of carbonyl (C=O) groups is 1. The molecule has 0 radical (unpaired) electrons. The van der Waals surface area contributed by atoms with Gasteiger partial charge in [-0.05, 0) is 12.1 Å². The summed E-state index contributed by atoms with van der Waals surface area (Å²) in [5, 5.41) is 29.2. The highest BCUT2D eigenvalue weighted by molar-refractivity contribution is 6.07. The van der Waals surface area contributed by atoms with Crippen molar-refractivity contribution < 1.29 is 9.90 Å². The van der Waals surface area contributed by atoms with Gasteiger partial charge >= 0.3 is 0 Å². The molecule has 0 unspecified atom stereocenters. The van der Waals surface area contributed by atoms with Crippen molar-refractivity contribution >= 4 is 11.6 Å². The fraction of sp³-hybridized carbons (Fsp3) is 0.214. The molecule has 0 saturated carbocycles. The van der Waals surface area contributed by atoms with E-state index in [4.69, 9.17) is 15.6 Å². The first kappa shape index (κ1) is 15.2. The molecule has 1 aromatic carbocycles. The lowest BCUT2D eigenvalue weighted by Crippen LogP contribution is -2.20. The number of rotatable bonds is 5. The van der Waals surface area contributed by atoms with E-state index in [1.165, 1.54) is 11.1 Å². The first-order valence-corrected chi connectivity index (χ1v) is 5.86. The normalized spacial score (nSPS) is 10.3. The van der Waals surface area contributed by atoms with Crippen LogP contribution in [0, 0.1) is 22.7 Å². The lowest BCUT2D eigenvalue weighted by atomic mass is 10.2. The number of hydrogen-bond donors (Lipinski definition) is 2. The second kappa shape index (κ2) is 7.57. The number of amides is 1. The first-order chi connectivity index (χ1) is 9.62. The van der Waals surface area contributed by atoms with E-state index in [0.29, 0.717) is 17.8 Å². The van der Waals surface area contributed by atoms with Crippen molar-refractivity contribution in [3.63, 3.8) is 0 Å². The van der Waals surface area contributed by atoms with Gasteiger partial charge in [0.05, 0.1) is 17.9 Å². The summed E-state index contributed by atoms with van der Waals surface area (Å²) >= 11 is 0. The zero-order chi connectivity index (χ0) is 15.0. The number of likely N-dealkylation sites (N-methyl/N-ethyl adjacent to an activating group) is 1. The number of anilines is 1. The summed E-state index contributed by atoms with van der Waals surface area (Å²) in [6, 6.07) is 10.3. The number of nitrogens with one attached hydrogen (secondary N) is 1. The van der Waals surface area contributed by atoms with Gasteiger partial charge in [-0.3, -0.25) is 4.79 Å². The van der Waals surface area contributed by atoms with Gasteiger partial charge in [0, 0.05) is 19.8 Å². The smallest absolute Gasteiger partial charge is 0.267 e. The fourth-order valence-electron chi connectivity index (χ4n) is 1.46. The third-order valence-electron chi connectivity index (χ3n) is 2.46. The van der Waals surface area contributed by atoms with Gasteiger partial charge in [-0.2, -0.15) is 10.5 Å². The lowest BCUT2D eigenvalue weighted by Gasteiger charge is -2.12. The molecule has 0 aliphatic heterocycles. The second-order valence-electron chi connectivity index (χ2n) is 3.97. The van der Waals surface area contributed by atoms with Crippen LogP contribution in [0.2, 0.25) is 0 Å². The van der Waals surface area contributed by atoms with Gasteiger partial charge in [0.15, 0.2) is 0 Å². The standard InChI is InChI=1S/C14H14N4O2/c1-18(6-7-19)10-12(9-16)14(20)17-13-5-3-2-4-11(13)8-15/h2-5,10,19H,6-7H2,1H3,(H,17,20)/b12-10-. The van der Waals surface area contributed by atoms with E-state index in [9.17, 15) is 4.79 Å². The monoisotopic (exact) mass is 270 g/mol. The topological polar surface area (TPSA) is 100 Å². The van der Waals surface area contributed by atoms with E-state index >= 15 is 0 Å². The van der Waals surface area contributed by atoms with Crippen LogP contribution in [0.1, 0.15) is 5.56 Å². The number of para-hydroxylation sites is 1. The van der Waals surface area contributed by atoms with Gasteiger partial charge in [0.1, 0.15) is 17.7 Å². The maximum Gasteiger partial charge on any atom is 0.267 e. The summed E-state index contributed by atoms with van der Waals surface area (Å²) in [5.74, 6) is -0.597. The number of aliphatic hydroxyl groups excluding tert-OH is 1. The largest absolute Gasteiger partial charge is 0.395 e. The zero-order valence-electron chi connectivity index (χ0n) is 11.0. The SMILES string of the molecule is CN(/C=C(/C#N)C(=O)Nc1ccccc1C#N)CCO. The number of nitriles is 2. The molecule has 1 aromatic rings. The van der Waals surface area contributed by atoms with E-state index in [1.807, 2.05) is 6.07 Å². The van der Waals surface area contributed by atoms with Crippen molar-refractivity contribution in [1.82, 2.24) is 4.90 Å². The molecule has 0 aliphatic carbocycles. The van der Waals surface area contributed by atoms with Crippen LogP contribution in [-0.2, 0) is 4.79 Å². The average Bonchev–Trinajstić information content (AvgIpc) is 2.45. The van der Waals surface area contributed by atoms with E-state index in [2.05, 4.69) is 5.32 Å². The molecule has 6 heteroatoms. The van der Waals surface area contributed by atoms with Crippen LogP contribution in [0.3, 0.4) is 0 Å². The zero-order valence-corrected chi connectivity index (χ0v) is 11.0. The van der Waals surface area contributed by atoms with Crippen LogP contribution in [0.15, 0.2) is 36.0 Å². The van der Waals surface area contributed by atoms with Crippen LogP contribution >= 0.6 is 0 Å². The highest BCUT2D eigenvalue weighted by atomic mass is 16.3. The average molecular weight is 270 g/mol. The Hall–Kier alpha value is -2.83. The van der Waals surface area contributed by atoms with Crippen LogP contribution in [0.25, 0.3) is 0 Å². The maximum absolute atomic E-state index is 12.0. The third-order valence-corrected chi connectivity index (χ3v) is 2.46. The van der Waals surface area contributed by atoms with Crippen LogP contribution in [-0.4, -0.2) is 36.1 Å². The Balaban J connectivity index is 2.89. The summed E-state index contributed by atoms with van der Waals surface area (Å²) in [6.07, 6.45) is 1.35. The molecule has 6 nitrogen and oxygen atoms in total. The van der Waals surface area contributed by atoms with E-state index in [0.717, 1.165) is 0 Å². The van der Waals surface area contributed by atoms with Gasteiger partial charge < -0.3 is 15.3 Å². The van der Waals surface area contributed by atoms with E-state index < -0.39 is 5.91 Å². The highest BCUT2D eigenvalue weighted by Gasteiger charge is 2.12. The summed E-state index contributed by atoms with van der Waals surface area (Å²) in [6.45, 7) is 0.234. The molecule has 0 saturated heterocycles. The van der Waals surface area contributed by atoms with Gasteiger partial charge in [0.2, 0.25) is 0 Å². The number of benzene rings is 1. The van der Waals surface area contributed by atoms with Gasteiger partial charge in [-0.1, -0.05) is 12.1 Å². The lowest BCUT2D eigenvalue weighted by molar-refractivity contribution is -0.112. The summed E-state index contributed by atoms with van der Waals surface area (Å²) in [5.41, 5.74) is 0.571. The predicted molar refractivity (Wildman–Crippen MR) is 73.2 cm³/mol.